The van der Waals surface area contributed by atoms with E-state index in [0.29, 0.717) is 21.4 Å². The lowest BCUT2D eigenvalue weighted by atomic mass is 10.3. The Labute approximate surface area is 107 Å². The number of amides is 1. The first kappa shape index (κ1) is 11.9. The molecule has 0 aliphatic rings. The minimum absolute atomic E-state index is 0.223. The highest BCUT2D eigenvalue weighted by Crippen LogP contribution is 2.25. The molecule has 0 saturated carbocycles. The van der Waals surface area contributed by atoms with Gasteiger partial charge in [0.1, 0.15) is 0 Å². The number of halogens is 2. The first-order valence-corrected chi connectivity index (χ1v) is 5.47. The Morgan fingerprint density at radius 1 is 1.35 bits per heavy atom. The number of aromatic amines is 1. The highest BCUT2D eigenvalue weighted by atomic mass is 35.5. The molecular weight excluding hydrogens is 263 g/mol. The quantitative estimate of drug-likeness (QED) is 0.882. The van der Waals surface area contributed by atoms with Crippen LogP contribution >= 0.6 is 23.2 Å². The van der Waals surface area contributed by atoms with Crippen LogP contribution in [0.25, 0.3) is 0 Å². The molecule has 2 N–H and O–H groups in total. The van der Waals surface area contributed by atoms with Gasteiger partial charge >= 0.3 is 0 Å². The highest BCUT2D eigenvalue weighted by molar-refractivity contribution is 6.35. The maximum absolute atomic E-state index is 11.8. The normalized spacial score (nSPS) is 10.3. The molecule has 0 aliphatic heterocycles. The van der Waals surface area contributed by atoms with Gasteiger partial charge in [-0.3, -0.25) is 4.79 Å². The molecule has 0 fully saturated rings. The van der Waals surface area contributed by atoms with Gasteiger partial charge in [0.25, 0.3) is 5.91 Å². The summed E-state index contributed by atoms with van der Waals surface area (Å²) in [5.74, 6) is -0.389. The number of H-pyrrole nitrogens is 1. The lowest BCUT2D eigenvalue weighted by Gasteiger charge is -2.06. The number of aromatic nitrogens is 3. The molecule has 0 saturated heterocycles. The second-order valence-corrected chi connectivity index (χ2v) is 4.18. The zero-order valence-electron chi connectivity index (χ0n) is 8.79. The molecule has 1 aromatic heterocycles. The average molecular weight is 271 g/mol. The van der Waals surface area contributed by atoms with Crippen LogP contribution in [0.5, 0.6) is 0 Å². The Morgan fingerprint density at radius 2 is 2.12 bits per heavy atom. The van der Waals surface area contributed by atoms with Crippen molar-refractivity contribution in [2.24, 2.45) is 0 Å². The van der Waals surface area contributed by atoms with Crippen molar-refractivity contribution in [2.45, 2.75) is 6.92 Å². The van der Waals surface area contributed by atoms with Crippen molar-refractivity contribution in [3.05, 3.63) is 39.6 Å². The van der Waals surface area contributed by atoms with Gasteiger partial charge in [-0.25, -0.2) is 0 Å². The van der Waals surface area contributed by atoms with E-state index in [9.17, 15) is 4.79 Å². The molecule has 2 rings (SSSR count). The number of carbonyl (C=O) groups is 1. The maximum Gasteiger partial charge on any atom is 0.278 e. The van der Waals surface area contributed by atoms with E-state index in [4.69, 9.17) is 23.2 Å². The summed E-state index contributed by atoms with van der Waals surface area (Å²) in [6.07, 6.45) is 0. The largest absolute Gasteiger partial charge is 0.319 e. The van der Waals surface area contributed by atoms with Gasteiger partial charge in [0, 0.05) is 5.02 Å². The lowest BCUT2D eigenvalue weighted by molar-refractivity contribution is 0.102. The molecule has 7 heteroatoms. The van der Waals surface area contributed by atoms with Crippen LogP contribution in [0.15, 0.2) is 18.2 Å². The number of nitrogens with one attached hydrogen (secondary N) is 2. The van der Waals surface area contributed by atoms with E-state index in [0.717, 1.165) is 0 Å². The van der Waals surface area contributed by atoms with Crippen molar-refractivity contribution in [3.63, 3.8) is 0 Å². The Balaban J connectivity index is 2.24. The number of carbonyl (C=O) groups excluding carboxylic acids is 1. The van der Waals surface area contributed by atoms with Gasteiger partial charge in [0.15, 0.2) is 5.69 Å². The van der Waals surface area contributed by atoms with Crippen LogP contribution in [-0.2, 0) is 0 Å². The predicted octanol–water partition coefficient (Wildman–Crippen LogP) is 2.67. The highest BCUT2D eigenvalue weighted by Gasteiger charge is 2.14. The van der Waals surface area contributed by atoms with Crippen LogP contribution in [0.3, 0.4) is 0 Å². The molecule has 0 atom stereocenters. The Bertz CT molecular complexity index is 567. The summed E-state index contributed by atoms with van der Waals surface area (Å²) in [5, 5.41) is 13.4. The van der Waals surface area contributed by atoms with Crippen molar-refractivity contribution in [1.82, 2.24) is 15.4 Å². The molecule has 88 valence electrons. The van der Waals surface area contributed by atoms with E-state index in [1.165, 1.54) is 0 Å². The van der Waals surface area contributed by atoms with Crippen molar-refractivity contribution in [1.29, 1.82) is 0 Å². The van der Waals surface area contributed by atoms with Gasteiger partial charge in [-0.15, -0.1) is 0 Å². The Hall–Kier alpha value is -1.59. The van der Waals surface area contributed by atoms with Crippen LogP contribution in [0.4, 0.5) is 5.69 Å². The van der Waals surface area contributed by atoms with Crippen LogP contribution < -0.4 is 5.32 Å². The predicted molar refractivity (Wildman–Crippen MR) is 65.5 cm³/mol. The summed E-state index contributed by atoms with van der Waals surface area (Å²) in [7, 11) is 0. The van der Waals surface area contributed by atoms with E-state index in [1.54, 1.807) is 25.1 Å². The topological polar surface area (TPSA) is 70.7 Å². The zero-order chi connectivity index (χ0) is 12.4. The van der Waals surface area contributed by atoms with Gasteiger partial charge < -0.3 is 5.32 Å². The number of hydrogen-bond acceptors (Lipinski definition) is 3. The van der Waals surface area contributed by atoms with E-state index in [2.05, 4.69) is 20.7 Å². The third-order valence-electron chi connectivity index (χ3n) is 2.11. The number of benzene rings is 1. The van der Waals surface area contributed by atoms with Gasteiger partial charge in [-0.1, -0.05) is 23.2 Å². The molecule has 17 heavy (non-hydrogen) atoms. The minimum Gasteiger partial charge on any atom is -0.319 e. The summed E-state index contributed by atoms with van der Waals surface area (Å²) in [6.45, 7) is 1.68. The van der Waals surface area contributed by atoms with E-state index < -0.39 is 0 Å². The van der Waals surface area contributed by atoms with Crippen LogP contribution in [0.2, 0.25) is 10.0 Å². The standard InChI is InChI=1S/C10H8Cl2N4O/c1-5-9(15-16-14-5)10(17)13-8-4-6(11)2-3-7(8)12/h2-4H,1H3,(H,13,17)(H,14,15,16). The molecule has 1 amide bonds. The minimum atomic E-state index is -0.389. The SMILES string of the molecule is Cc1n[nH]nc1C(=O)Nc1cc(Cl)ccc1Cl. The van der Waals surface area contributed by atoms with Gasteiger partial charge in [0.2, 0.25) is 0 Å². The second kappa shape index (κ2) is 4.73. The van der Waals surface area contributed by atoms with Gasteiger partial charge in [-0.2, -0.15) is 15.4 Å². The number of aryl methyl sites for hydroxylation is 1. The molecule has 0 spiro atoms. The third-order valence-corrected chi connectivity index (χ3v) is 2.68. The number of rotatable bonds is 2. The molecule has 1 heterocycles. The fourth-order valence-electron chi connectivity index (χ4n) is 1.27. The first-order valence-electron chi connectivity index (χ1n) is 4.71. The Kier molecular flexibility index (Phi) is 3.31. The molecule has 2 aromatic rings. The first-order chi connectivity index (χ1) is 8.08. The zero-order valence-corrected chi connectivity index (χ0v) is 10.3. The van der Waals surface area contributed by atoms with Crippen molar-refractivity contribution in [2.75, 3.05) is 5.32 Å². The summed E-state index contributed by atoms with van der Waals surface area (Å²) in [5.41, 5.74) is 1.17. The fraction of sp³-hybridized carbons (Fsp3) is 0.100. The third kappa shape index (κ3) is 2.57. The van der Waals surface area contributed by atoms with Crippen molar-refractivity contribution >= 4 is 34.8 Å². The molecule has 1 aromatic carbocycles. The van der Waals surface area contributed by atoms with E-state index >= 15 is 0 Å². The molecular formula is C10H8Cl2N4O. The van der Waals surface area contributed by atoms with Crippen LogP contribution in [0, 0.1) is 6.92 Å². The lowest BCUT2D eigenvalue weighted by Crippen LogP contribution is -2.14. The number of anilines is 1. The summed E-state index contributed by atoms with van der Waals surface area (Å²) < 4.78 is 0. The molecule has 5 nitrogen and oxygen atoms in total. The van der Waals surface area contributed by atoms with E-state index in [1.807, 2.05) is 0 Å². The average Bonchev–Trinajstić information content (AvgIpc) is 2.70. The second-order valence-electron chi connectivity index (χ2n) is 3.34. The van der Waals surface area contributed by atoms with Gasteiger partial charge in [0.05, 0.1) is 16.4 Å². The van der Waals surface area contributed by atoms with Gasteiger partial charge in [-0.05, 0) is 25.1 Å². The number of hydrogen-bond donors (Lipinski definition) is 2. The summed E-state index contributed by atoms with van der Waals surface area (Å²) >= 11 is 11.7. The Morgan fingerprint density at radius 3 is 2.76 bits per heavy atom. The smallest absolute Gasteiger partial charge is 0.278 e. The van der Waals surface area contributed by atoms with Crippen LogP contribution in [-0.4, -0.2) is 21.3 Å². The number of nitrogens with zero attached hydrogens (tertiary/aromatic N) is 2. The van der Waals surface area contributed by atoms with Crippen molar-refractivity contribution in [3.8, 4) is 0 Å². The van der Waals surface area contributed by atoms with E-state index in [-0.39, 0.29) is 11.6 Å². The maximum atomic E-state index is 11.8. The summed E-state index contributed by atoms with van der Waals surface area (Å²) in [4.78, 5) is 11.8. The fourth-order valence-corrected chi connectivity index (χ4v) is 1.61. The molecule has 0 bridgehead atoms. The molecule has 0 aliphatic carbocycles. The molecule has 0 radical (unpaired) electrons. The monoisotopic (exact) mass is 270 g/mol. The van der Waals surface area contributed by atoms with Crippen molar-refractivity contribution < 1.29 is 4.79 Å². The molecule has 0 unspecified atom stereocenters. The van der Waals surface area contributed by atoms with Crippen LogP contribution in [0.1, 0.15) is 16.2 Å². The summed E-state index contributed by atoms with van der Waals surface area (Å²) in [6, 6.07) is 4.81.